The molecule has 0 radical (unpaired) electrons. The fraction of sp³-hybridized carbons (Fsp3) is 0.795. The lowest BCUT2D eigenvalue weighted by molar-refractivity contribution is -0.167. The third kappa shape index (κ3) is 65.5. The summed E-state index contributed by atoms with van der Waals surface area (Å²) >= 11 is 0. The van der Waals surface area contributed by atoms with Crippen molar-refractivity contribution in [2.24, 2.45) is 0 Å². The highest BCUT2D eigenvalue weighted by Crippen LogP contribution is 2.18. The molecular formula is C73H130O6. The summed E-state index contributed by atoms with van der Waals surface area (Å²) in [6.07, 6.45) is 88.4. The van der Waals surface area contributed by atoms with Gasteiger partial charge in [-0.25, -0.2) is 0 Å². The van der Waals surface area contributed by atoms with Crippen LogP contribution in [0.3, 0.4) is 0 Å². The highest BCUT2D eigenvalue weighted by molar-refractivity contribution is 5.71. The van der Waals surface area contributed by atoms with E-state index in [0.29, 0.717) is 19.3 Å². The molecule has 0 saturated heterocycles. The molecule has 1 unspecified atom stereocenters. The van der Waals surface area contributed by atoms with Gasteiger partial charge in [0, 0.05) is 19.3 Å². The number of hydrogen-bond donors (Lipinski definition) is 0. The fourth-order valence-corrected chi connectivity index (χ4v) is 10.1. The standard InChI is InChI=1S/C73H130O6/c1-4-7-10-13-15-17-19-21-23-25-27-29-31-33-34-35-36-37-38-40-41-43-45-47-49-51-53-55-57-60-63-66-72(75)78-69-70(68-77-71(74)65-62-59-12-9-6-3)79-73(76)67-64-61-58-56-54-52-50-48-46-44-42-39-32-30-28-26-24-22-20-18-16-14-11-8-5-2/h7,10,15,17,21,23,27,29,33-34,36-37,70H,4-6,8-9,11-14,16,18-20,22,24-26,28,30-32,35,38-69H2,1-3H3/b10-7-,17-15-,23-21-,29-27-,34-33-,37-36-. The number of unbranched alkanes of at least 4 members (excludes halogenated alkanes) is 40. The van der Waals surface area contributed by atoms with Crippen LogP contribution in [0.15, 0.2) is 72.9 Å². The van der Waals surface area contributed by atoms with Gasteiger partial charge in [-0.15, -0.1) is 0 Å². The van der Waals surface area contributed by atoms with Gasteiger partial charge >= 0.3 is 17.9 Å². The average Bonchev–Trinajstić information content (AvgIpc) is 3.45. The number of esters is 3. The molecule has 0 spiro atoms. The van der Waals surface area contributed by atoms with E-state index in [9.17, 15) is 14.4 Å². The summed E-state index contributed by atoms with van der Waals surface area (Å²) in [5.41, 5.74) is 0. The van der Waals surface area contributed by atoms with Crippen LogP contribution in [0, 0.1) is 0 Å². The molecule has 0 aromatic heterocycles. The number of rotatable bonds is 63. The van der Waals surface area contributed by atoms with Crippen molar-refractivity contribution in [2.75, 3.05) is 13.2 Å². The van der Waals surface area contributed by atoms with Crippen LogP contribution >= 0.6 is 0 Å². The Labute approximate surface area is 491 Å². The summed E-state index contributed by atoms with van der Waals surface area (Å²) in [4.78, 5) is 38.0. The first-order valence-corrected chi connectivity index (χ1v) is 34.4. The maximum Gasteiger partial charge on any atom is 0.306 e. The number of carbonyl (C=O) groups excluding carboxylic acids is 3. The molecule has 0 bridgehead atoms. The molecule has 0 fully saturated rings. The smallest absolute Gasteiger partial charge is 0.306 e. The molecule has 0 aromatic rings. The lowest BCUT2D eigenvalue weighted by atomic mass is 10.0. The second-order valence-corrected chi connectivity index (χ2v) is 23.1. The molecule has 1 atom stereocenters. The monoisotopic (exact) mass is 1100 g/mol. The highest BCUT2D eigenvalue weighted by atomic mass is 16.6. The molecule has 0 saturated carbocycles. The maximum absolute atomic E-state index is 12.9. The maximum atomic E-state index is 12.9. The van der Waals surface area contributed by atoms with Crippen LogP contribution in [0.2, 0.25) is 0 Å². The van der Waals surface area contributed by atoms with Gasteiger partial charge < -0.3 is 14.2 Å². The lowest BCUT2D eigenvalue weighted by Crippen LogP contribution is -2.30. The molecule has 0 aliphatic carbocycles. The van der Waals surface area contributed by atoms with E-state index in [0.717, 1.165) is 103 Å². The van der Waals surface area contributed by atoms with Gasteiger partial charge in [-0.2, -0.15) is 0 Å². The van der Waals surface area contributed by atoms with Gasteiger partial charge in [0.15, 0.2) is 6.10 Å². The predicted molar refractivity (Wildman–Crippen MR) is 344 cm³/mol. The van der Waals surface area contributed by atoms with Crippen LogP contribution in [-0.2, 0) is 28.6 Å². The third-order valence-electron chi connectivity index (χ3n) is 15.2. The quantitative estimate of drug-likeness (QED) is 0.0261. The van der Waals surface area contributed by atoms with Crippen LogP contribution in [0.1, 0.15) is 355 Å². The van der Waals surface area contributed by atoms with Crippen LogP contribution in [0.5, 0.6) is 0 Å². The summed E-state index contributed by atoms with van der Waals surface area (Å²) in [7, 11) is 0. The van der Waals surface area contributed by atoms with Gasteiger partial charge in [0.05, 0.1) is 0 Å². The molecular weight excluding hydrogens is 973 g/mol. The molecule has 0 N–H and O–H groups in total. The summed E-state index contributed by atoms with van der Waals surface area (Å²) in [6.45, 7) is 6.49. The molecule has 0 aromatic carbocycles. The topological polar surface area (TPSA) is 78.9 Å². The SMILES string of the molecule is CC/C=C\C/C=C\C/C=C\C/C=C\C/C=C\C/C=C\CCCCCCCCCCCCCCC(=O)OCC(COC(=O)CCCCCCC)OC(=O)CCCCCCCCCCCCCCCCCCCCCCCCCCC. The summed E-state index contributed by atoms with van der Waals surface area (Å²) < 4.78 is 16.8. The second kappa shape index (κ2) is 67.4. The van der Waals surface area contributed by atoms with Crippen molar-refractivity contribution in [2.45, 2.75) is 361 Å². The molecule has 458 valence electrons. The van der Waals surface area contributed by atoms with E-state index in [-0.39, 0.29) is 31.1 Å². The Morgan fingerprint density at radius 1 is 0.266 bits per heavy atom. The van der Waals surface area contributed by atoms with Gasteiger partial charge in [-0.3, -0.25) is 14.4 Å². The zero-order chi connectivity index (χ0) is 57.1. The summed E-state index contributed by atoms with van der Waals surface area (Å²) in [5.74, 6) is -0.869. The van der Waals surface area contributed by atoms with Crippen molar-refractivity contribution in [1.29, 1.82) is 0 Å². The van der Waals surface area contributed by atoms with Gasteiger partial charge in [0.25, 0.3) is 0 Å². The Bertz CT molecular complexity index is 1450. The summed E-state index contributed by atoms with van der Waals surface area (Å²) in [6, 6.07) is 0. The van der Waals surface area contributed by atoms with Crippen LogP contribution in [-0.4, -0.2) is 37.2 Å². The normalized spacial score (nSPS) is 12.5. The Morgan fingerprint density at radius 2 is 0.494 bits per heavy atom. The Morgan fingerprint density at radius 3 is 0.772 bits per heavy atom. The van der Waals surface area contributed by atoms with E-state index in [1.54, 1.807) is 0 Å². The van der Waals surface area contributed by atoms with Crippen LogP contribution < -0.4 is 0 Å². The molecule has 0 aliphatic heterocycles. The van der Waals surface area contributed by atoms with Gasteiger partial charge in [-0.1, -0.05) is 338 Å². The van der Waals surface area contributed by atoms with E-state index in [1.807, 2.05) is 0 Å². The van der Waals surface area contributed by atoms with Crippen molar-refractivity contribution < 1.29 is 28.6 Å². The van der Waals surface area contributed by atoms with Crippen molar-refractivity contribution in [3.8, 4) is 0 Å². The minimum Gasteiger partial charge on any atom is -0.462 e. The van der Waals surface area contributed by atoms with E-state index < -0.39 is 6.10 Å². The first kappa shape index (κ1) is 75.8. The highest BCUT2D eigenvalue weighted by Gasteiger charge is 2.19. The molecule has 0 rings (SSSR count). The second-order valence-electron chi connectivity index (χ2n) is 23.1. The van der Waals surface area contributed by atoms with E-state index in [1.165, 1.54) is 212 Å². The van der Waals surface area contributed by atoms with Crippen molar-refractivity contribution in [3.05, 3.63) is 72.9 Å². The first-order valence-electron chi connectivity index (χ1n) is 34.4. The average molecular weight is 1100 g/mol. The zero-order valence-electron chi connectivity index (χ0n) is 52.6. The Hall–Kier alpha value is -3.15. The van der Waals surface area contributed by atoms with Gasteiger partial charge in [-0.05, 0) is 70.6 Å². The summed E-state index contributed by atoms with van der Waals surface area (Å²) in [5, 5.41) is 0. The largest absolute Gasteiger partial charge is 0.462 e. The van der Waals surface area contributed by atoms with E-state index in [2.05, 4.69) is 93.7 Å². The number of hydrogen-bond acceptors (Lipinski definition) is 6. The third-order valence-corrected chi connectivity index (χ3v) is 15.2. The van der Waals surface area contributed by atoms with E-state index in [4.69, 9.17) is 14.2 Å². The van der Waals surface area contributed by atoms with Crippen molar-refractivity contribution in [1.82, 2.24) is 0 Å². The Balaban J connectivity index is 3.97. The van der Waals surface area contributed by atoms with Crippen molar-refractivity contribution >= 4 is 17.9 Å². The number of allylic oxidation sites excluding steroid dienone is 12. The van der Waals surface area contributed by atoms with Gasteiger partial charge in [0.1, 0.15) is 13.2 Å². The molecule has 0 amide bonds. The predicted octanol–water partition coefficient (Wildman–Crippen LogP) is 23.7. The van der Waals surface area contributed by atoms with Crippen molar-refractivity contribution in [3.63, 3.8) is 0 Å². The molecule has 79 heavy (non-hydrogen) atoms. The molecule has 0 aliphatic rings. The first-order chi connectivity index (χ1) is 39.0. The minimum atomic E-state index is -0.770. The van der Waals surface area contributed by atoms with Crippen LogP contribution in [0.4, 0.5) is 0 Å². The number of ether oxygens (including phenoxy) is 3. The van der Waals surface area contributed by atoms with E-state index >= 15 is 0 Å². The zero-order valence-corrected chi connectivity index (χ0v) is 52.6. The Kier molecular flexibility index (Phi) is 64.7. The van der Waals surface area contributed by atoms with Crippen LogP contribution in [0.25, 0.3) is 0 Å². The minimum absolute atomic E-state index is 0.0721. The number of carbonyl (C=O) groups is 3. The van der Waals surface area contributed by atoms with Gasteiger partial charge in [0.2, 0.25) is 0 Å². The molecule has 0 heterocycles. The fourth-order valence-electron chi connectivity index (χ4n) is 10.1. The molecule has 6 nitrogen and oxygen atoms in total. The lowest BCUT2D eigenvalue weighted by Gasteiger charge is -2.18. The molecule has 6 heteroatoms.